The molecule has 0 saturated carbocycles. The van der Waals surface area contributed by atoms with E-state index >= 15 is 0 Å². The topological polar surface area (TPSA) is 59.0 Å². The number of nitrogens with zero attached hydrogens (tertiary/aromatic N) is 2. The van der Waals surface area contributed by atoms with Crippen LogP contribution in [0.5, 0.6) is 0 Å². The molecule has 0 saturated heterocycles. The summed E-state index contributed by atoms with van der Waals surface area (Å²) in [5.74, 6) is -0.490. The molecule has 0 aliphatic carbocycles. The monoisotopic (exact) mass is 334 g/mol. The smallest absolute Gasteiger partial charge is 0.354 e. The lowest BCUT2D eigenvalue weighted by Gasteiger charge is -2.27. The van der Waals surface area contributed by atoms with Crippen LogP contribution in [0.15, 0.2) is 53.5 Å². The maximum absolute atomic E-state index is 12.7. The molecule has 0 radical (unpaired) electrons. The molecule has 1 spiro atoms. The highest BCUT2D eigenvalue weighted by atomic mass is 16.5. The van der Waals surface area contributed by atoms with Crippen molar-refractivity contribution in [1.29, 1.82) is 0 Å². The van der Waals surface area contributed by atoms with E-state index in [-0.39, 0.29) is 12.5 Å². The van der Waals surface area contributed by atoms with Gasteiger partial charge in [-0.1, -0.05) is 36.4 Å². The summed E-state index contributed by atoms with van der Waals surface area (Å²) >= 11 is 0. The molecule has 1 unspecified atom stereocenters. The Kier molecular flexibility index (Phi) is 3.46. The predicted octanol–water partition coefficient (Wildman–Crippen LogP) is 2.99. The van der Waals surface area contributed by atoms with Crippen molar-refractivity contribution in [3.8, 4) is 0 Å². The molecule has 4 rings (SSSR count). The van der Waals surface area contributed by atoms with Gasteiger partial charge in [0.15, 0.2) is 0 Å². The third kappa shape index (κ3) is 2.05. The number of hydrogen-bond donors (Lipinski definition) is 0. The van der Waals surface area contributed by atoms with Gasteiger partial charge in [-0.2, -0.15) is 0 Å². The predicted molar refractivity (Wildman–Crippen MR) is 95.4 cm³/mol. The average Bonchev–Trinajstić information content (AvgIpc) is 3.13. The summed E-state index contributed by atoms with van der Waals surface area (Å²) in [4.78, 5) is 31.3. The first-order valence-electron chi connectivity index (χ1n) is 8.33. The van der Waals surface area contributed by atoms with Crippen molar-refractivity contribution in [2.45, 2.75) is 19.3 Å². The minimum atomic E-state index is -0.773. The van der Waals surface area contributed by atoms with Gasteiger partial charge in [0.1, 0.15) is 5.71 Å². The molecule has 1 amide bonds. The lowest BCUT2D eigenvalue weighted by Crippen LogP contribution is -2.44. The highest BCUT2D eigenvalue weighted by Crippen LogP contribution is 2.52. The van der Waals surface area contributed by atoms with Crippen molar-refractivity contribution in [2.75, 3.05) is 18.1 Å². The Morgan fingerprint density at radius 1 is 1.12 bits per heavy atom. The highest BCUT2D eigenvalue weighted by Gasteiger charge is 2.55. The number of anilines is 1. The first-order valence-corrected chi connectivity index (χ1v) is 8.33. The van der Waals surface area contributed by atoms with E-state index in [0.717, 1.165) is 22.5 Å². The molecule has 126 valence electrons. The Bertz CT molecular complexity index is 919. The molecular weight excluding hydrogens is 316 g/mol. The molecule has 0 fully saturated rings. The summed E-state index contributed by atoms with van der Waals surface area (Å²) in [6, 6.07) is 15.4. The molecule has 1 atom stereocenters. The van der Waals surface area contributed by atoms with E-state index in [4.69, 9.17) is 4.74 Å². The summed E-state index contributed by atoms with van der Waals surface area (Å²) in [7, 11) is 0. The van der Waals surface area contributed by atoms with Crippen LogP contribution >= 0.6 is 0 Å². The van der Waals surface area contributed by atoms with Crippen molar-refractivity contribution in [1.82, 2.24) is 0 Å². The zero-order chi connectivity index (χ0) is 17.6. The Balaban J connectivity index is 1.99. The Morgan fingerprint density at radius 3 is 2.52 bits per heavy atom. The van der Waals surface area contributed by atoms with Gasteiger partial charge in [0.05, 0.1) is 17.7 Å². The first-order chi connectivity index (χ1) is 12.1. The maximum Gasteiger partial charge on any atom is 0.354 e. The van der Waals surface area contributed by atoms with E-state index in [2.05, 4.69) is 4.99 Å². The van der Waals surface area contributed by atoms with Gasteiger partial charge < -0.3 is 9.64 Å². The van der Waals surface area contributed by atoms with E-state index < -0.39 is 11.4 Å². The first kappa shape index (κ1) is 15.6. The van der Waals surface area contributed by atoms with Crippen LogP contribution in [-0.2, 0) is 19.7 Å². The van der Waals surface area contributed by atoms with Crippen molar-refractivity contribution >= 4 is 29.0 Å². The fourth-order valence-corrected chi connectivity index (χ4v) is 3.89. The molecule has 0 N–H and O–H groups in total. The summed E-state index contributed by atoms with van der Waals surface area (Å²) in [5.41, 5.74) is 3.02. The quantitative estimate of drug-likeness (QED) is 0.793. The SMILES string of the molecule is CCOC(=O)C1=Nc2ccccc2C12CN(C(C)=O)c1ccccc12. The number of amides is 1. The van der Waals surface area contributed by atoms with Crippen molar-refractivity contribution < 1.29 is 14.3 Å². The average molecular weight is 334 g/mol. The van der Waals surface area contributed by atoms with Crippen LogP contribution in [0.2, 0.25) is 0 Å². The number of fused-ring (bicyclic) bond motifs is 4. The largest absolute Gasteiger partial charge is 0.461 e. The number of para-hydroxylation sites is 2. The number of ether oxygens (including phenoxy) is 1. The van der Waals surface area contributed by atoms with Gasteiger partial charge in [-0.25, -0.2) is 9.79 Å². The molecular formula is C20H18N2O3. The molecule has 25 heavy (non-hydrogen) atoms. The van der Waals surface area contributed by atoms with E-state index in [1.54, 1.807) is 11.8 Å². The van der Waals surface area contributed by atoms with Crippen LogP contribution in [0.1, 0.15) is 25.0 Å². The number of esters is 1. The lowest BCUT2D eigenvalue weighted by molar-refractivity contribution is -0.135. The van der Waals surface area contributed by atoms with Crippen LogP contribution < -0.4 is 4.90 Å². The van der Waals surface area contributed by atoms with Gasteiger partial charge in [-0.3, -0.25) is 4.79 Å². The minimum Gasteiger partial charge on any atom is -0.461 e. The molecule has 5 heteroatoms. The molecule has 0 bridgehead atoms. The lowest BCUT2D eigenvalue weighted by atomic mass is 9.73. The van der Waals surface area contributed by atoms with E-state index in [1.165, 1.54) is 6.92 Å². The Labute approximate surface area is 145 Å². The third-order valence-corrected chi connectivity index (χ3v) is 4.90. The summed E-state index contributed by atoms with van der Waals surface area (Å²) < 4.78 is 5.28. The zero-order valence-corrected chi connectivity index (χ0v) is 14.2. The molecule has 2 aliphatic heterocycles. The normalized spacial score (nSPS) is 20.2. The van der Waals surface area contributed by atoms with Crippen molar-refractivity contribution in [3.05, 3.63) is 59.7 Å². The third-order valence-electron chi connectivity index (χ3n) is 4.90. The second-order valence-electron chi connectivity index (χ2n) is 6.23. The van der Waals surface area contributed by atoms with E-state index in [0.29, 0.717) is 12.3 Å². The molecule has 2 heterocycles. The molecule has 2 aromatic rings. The van der Waals surface area contributed by atoms with Gasteiger partial charge in [0.2, 0.25) is 5.91 Å². The maximum atomic E-state index is 12.7. The fourth-order valence-electron chi connectivity index (χ4n) is 3.89. The number of hydrogen-bond acceptors (Lipinski definition) is 4. The van der Waals surface area contributed by atoms with Crippen LogP contribution in [0.3, 0.4) is 0 Å². The second-order valence-corrected chi connectivity index (χ2v) is 6.23. The molecule has 2 aliphatic rings. The van der Waals surface area contributed by atoms with Gasteiger partial charge in [0, 0.05) is 19.2 Å². The van der Waals surface area contributed by atoms with Gasteiger partial charge in [-0.15, -0.1) is 0 Å². The number of rotatable bonds is 2. The van der Waals surface area contributed by atoms with Crippen LogP contribution in [0, 0.1) is 0 Å². The second kappa shape index (κ2) is 5.55. The van der Waals surface area contributed by atoms with Gasteiger partial charge >= 0.3 is 5.97 Å². The van der Waals surface area contributed by atoms with Crippen molar-refractivity contribution in [2.24, 2.45) is 4.99 Å². The molecule has 0 aromatic heterocycles. The van der Waals surface area contributed by atoms with E-state index in [1.807, 2.05) is 48.5 Å². The highest BCUT2D eigenvalue weighted by molar-refractivity contribution is 6.43. The number of aliphatic imine (C=N–C) groups is 1. The summed E-state index contributed by atoms with van der Waals surface area (Å²) in [6.45, 7) is 3.95. The summed E-state index contributed by atoms with van der Waals surface area (Å²) in [5, 5.41) is 0. The molecule has 2 aromatic carbocycles. The molecule has 5 nitrogen and oxygen atoms in total. The van der Waals surface area contributed by atoms with Crippen LogP contribution in [0.25, 0.3) is 0 Å². The van der Waals surface area contributed by atoms with E-state index in [9.17, 15) is 9.59 Å². The number of benzene rings is 2. The minimum absolute atomic E-state index is 0.0584. The Hall–Kier alpha value is -2.95. The van der Waals surface area contributed by atoms with Crippen LogP contribution in [0.4, 0.5) is 11.4 Å². The zero-order valence-electron chi connectivity index (χ0n) is 14.2. The fraction of sp³-hybridized carbons (Fsp3) is 0.250. The summed E-state index contributed by atoms with van der Waals surface area (Å²) in [6.07, 6.45) is 0. The number of carbonyl (C=O) groups excluding carboxylic acids is 2. The standard InChI is InChI=1S/C20H18N2O3/c1-3-25-19(24)18-20(14-8-4-6-10-16(14)21-18)12-22(13(2)23)17-11-7-5-9-15(17)20/h4-11H,3,12H2,1-2H3. The number of carbonyl (C=O) groups is 2. The van der Waals surface area contributed by atoms with Crippen molar-refractivity contribution in [3.63, 3.8) is 0 Å². The van der Waals surface area contributed by atoms with Crippen LogP contribution in [-0.4, -0.2) is 30.7 Å². The Morgan fingerprint density at radius 2 is 1.80 bits per heavy atom. The van der Waals surface area contributed by atoms with Gasteiger partial charge in [0.25, 0.3) is 0 Å². The van der Waals surface area contributed by atoms with Gasteiger partial charge in [-0.05, 0) is 30.2 Å².